The summed E-state index contributed by atoms with van der Waals surface area (Å²) in [4.78, 5) is 4.57. The van der Waals surface area contributed by atoms with Crippen molar-refractivity contribution in [2.45, 2.75) is 26.3 Å². The largest absolute Gasteiger partial charge is 0.394 e. The maximum Gasteiger partial charge on any atom is 0.183 e. The summed E-state index contributed by atoms with van der Waals surface area (Å²) in [6.07, 6.45) is 0.853. The monoisotopic (exact) mass is 270 g/mol. The Balaban J connectivity index is 2.29. The summed E-state index contributed by atoms with van der Waals surface area (Å²) in [7, 11) is 0. The molecule has 0 amide bonds. The van der Waals surface area contributed by atoms with E-state index in [1.165, 1.54) is 0 Å². The quantitative estimate of drug-likeness (QED) is 0.681. The number of aliphatic hydroxyl groups is 1. The lowest BCUT2D eigenvalue weighted by Gasteiger charge is -2.18. The van der Waals surface area contributed by atoms with Gasteiger partial charge in [0.2, 0.25) is 0 Å². The first-order chi connectivity index (χ1) is 9.74. The van der Waals surface area contributed by atoms with Crippen molar-refractivity contribution < 1.29 is 5.11 Å². The third-order valence-corrected chi connectivity index (χ3v) is 3.64. The predicted octanol–water partition coefficient (Wildman–Crippen LogP) is 2.60. The first kappa shape index (κ1) is 12.9. The van der Waals surface area contributed by atoms with Crippen LogP contribution in [0.4, 0.5) is 5.69 Å². The lowest BCUT2D eigenvalue weighted by Crippen LogP contribution is -2.23. The number of hydrogen-bond acceptors (Lipinski definition) is 4. The topological polar surface area (TPSA) is 73.8 Å². The molecular weight excluding hydrogens is 252 g/mol. The van der Waals surface area contributed by atoms with E-state index < -0.39 is 0 Å². The summed E-state index contributed by atoms with van der Waals surface area (Å²) in [5.74, 6) is 0. The Morgan fingerprint density at radius 2 is 2.15 bits per heavy atom. The van der Waals surface area contributed by atoms with E-state index in [-0.39, 0.29) is 12.6 Å². The van der Waals surface area contributed by atoms with E-state index in [4.69, 9.17) is 0 Å². The molecule has 1 aromatic carbocycles. The van der Waals surface area contributed by atoms with Crippen LogP contribution in [0, 0.1) is 6.92 Å². The van der Waals surface area contributed by atoms with Gasteiger partial charge in [0.25, 0.3) is 0 Å². The van der Waals surface area contributed by atoms with Gasteiger partial charge >= 0.3 is 0 Å². The number of fused-ring (bicyclic) bond motifs is 2. The van der Waals surface area contributed by atoms with Crippen molar-refractivity contribution in [2.24, 2.45) is 0 Å². The highest BCUT2D eigenvalue weighted by Crippen LogP contribution is 2.32. The van der Waals surface area contributed by atoms with Gasteiger partial charge in [0.05, 0.1) is 23.2 Å². The van der Waals surface area contributed by atoms with Gasteiger partial charge in [0, 0.05) is 17.1 Å². The second-order valence-corrected chi connectivity index (χ2v) is 4.98. The van der Waals surface area contributed by atoms with Crippen molar-refractivity contribution in [3.8, 4) is 0 Å². The number of nitrogens with one attached hydrogen (secondary N) is 2. The minimum atomic E-state index is 0.0262. The van der Waals surface area contributed by atoms with Crippen LogP contribution in [0.3, 0.4) is 0 Å². The molecule has 0 spiro atoms. The number of pyridine rings is 1. The summed E-state index contributed by atoms with van der Waals surface area (Å²) in [5.41, 5.74) is 3.59. The lowest BCUT2D eigenvalue weighted by molar-refractivity contribution is 0.272. The summed E-state index contributed by atoms with van der Waals surface area (Å²) in [5, 5.41) is 22.2. The van der Waals surface area contributed by atoms with Gasteiger partial charge in [-0.05, 0) is 19.4 Å². The van der Waals surface area contributed by atoms with E-state index in [0.29, 0.717) is 5.65 Å². The highest BCUT2D eigenvalue weighted by molar-refractivity contribution is 6.07. The van der Waals surface area contributed by atoms with Crippen molar-refractivity contribution >= 4 is 27.6 Å². The van der Waals surface area contributed by atoms with Crippen LogP contribution in [-0.2, 0) is 0 Å². The standard InChI is InChI=1S/C15H18N4O/c1-3-10(8-20)16-14-11-6-4-5-7-12(11)17-15-13(14)9(2)18-19-15/h4-7,10,20H,3,8H2,1-2H3,(H2,16,17,18,19)/t10-/m1/s1. The molecule has 0 saturated carbocycles. The van der Waals surface area contributed by atoms with E-state index in [0.717, 1.165) is 34.1 Å². The van der Waals surface area contributed by atoms with Crippen molar-refractivity contribution in [3.63, 3.8) is 0 Å². The number of rotatable bonds is 4. The van der Waals surface area contributed by atoms with Gasteiger partial charge in [-0.25, -0.2) is 4.98 Å². The molecule has 0 aliphatic carbocycles. The second-order valence-electron chi connectivity index (χ2n) is 4.98. The molecule has 2 aromatic heterocycles. The number of H-pyrrole nitrogens is 1. The Labute approximate surface area is 117 Å². The molecule has 0 fully saturated rings. The Hall–Kier alpha value is -2.14. The number of benzene rings is 1. The van der Waals surface area contributed by atoms with Gasteiger partial charge in [-0.3, -0.25) is 5.10 Å². The van der Waals surface area contributed by atoms with Crippen LogP contribution < -0.4 is 5.32 Å². The van der Waals surface area contributed by atoms with Crippen molar-refractivity contribution in [1.82, 2.24) is 15.2 Å². The molecule has 20 heavy (non-hydrogen) atoms. The molecule has 3 aromatic rings. The maximum atomic E-state index is 9.45. The summed E-state index contributed by atoms with van der Waals surface area (Å²) in [6.45, 7) is 4.14. The number of nitrogens with zero attached hydrogens (tertiary/aromatic N) is 2. The zero-order chi connectivity index (χ0) is 14.1. The number of aromatic amines is 1. The van der Waals surface area contributed by atoms with Gasteiger partial charge in [-0.2, -0.15) is 5.10 Å². The fourth-order valence-corrected chi connectivity index (χ4v) is 2.46. The molecule has 3 rings (SSSR count). The van der Waals surface area contributed by atoms with Gasteiger partial charge in [0.1, 0.15) is 0 Å². The summed E-state index contributed by atoms with van der Waals surface area (Å²) >= 11 is 0. The highest BCUT2D eigenvalue weighted by atomic mass is 16.3. The fourth-order valence-electron chi connectivity index (χ4n) is 2.46. The smallest absolute Gasteiger partial charge is 0.183 e. The maximum absolute atomic E-state index is 9.45. The average Bonchev–Trinajstić information content (AvgIpc) is 2.85. The van der Waals surface area contributed by atoms with Crippen LogP contribution in [0.1, 0.15) is 19.0 Å². The number of anilines is 1. The molecular formula is C15H18N4O. The molecule has 1 atom stereocenters. The number of aromatic nitrogens is 3. The molecule has 0 saturated heterocycles. The van der Waals surface area contributed by atoms with Crippen LogP contribution in [0.5, 0.6) is 0 Å². The van der Waals surface area contributed by atoms with Gasteiger partial charge in [-0.15, -0.1) is 0 Å². The normalized spacial score (nSPS) is 12.9. The Morgan fingerprint density at radius 1 is 1.35 bits per heavy atom. The second kappa shape index (κ2) is 5.09. The third kappa shape index (κ3) is 2.00. The summed E-state index contributed by atoms with van der Waals surface area (Å²) in [6, 6.07) is 8.01. The average molecular weight is 270 g/mol. The number of aliphatic hydroxyl groups excluding tert-OH is 1. The van der Waals surface area contributed by atoms with Crippen LogP contribution in [-0.4, -0.2) is 32.9 Å². The molecule has 3 N–H and O–H groups in total. The summed E-state index contributed by atoms with van der Waals surface area (Å²) < 4.78 is 0. The Morgan fingerprint density at radius 3 is 2.90 bits per heavy atom. The predicted molar refractivity (Wildman–Crippen MR) is 80.9 cm³/mol. The van der Waals surface area contributed by atoms with Gasteiger partial charge in [-0.1, -0.05) is 25.1 Å². The van der Waals surface area contributed by atoms with E-state index in [1.54, 1.807) is 0 Å². The molecule has 0 radical (unpaired) electrons. The molecule has 0 unspecified atom stereocenters. The Bertz CT molecular complexity index is 746. The molecule has 104 valence electrons. The van der Waals surface area contributed by atoms with E-state index in [9.17, 15) is 5.11 Å². The van der Waals surface area contributed by atoms with Crippen molar-refractivity contribution in [1.29, 1.82) is 0 Å². The van der Waals surface area contributed by atoms with Crippen LogP contribution >= 0.6 is 0 Å². The number of para-hydroxylation sites is 1. The highest BCUT2D eigenvalue weighted by Gasteiger charge is 2.15. The number of hydrogen-bond donors (Lipinski definition) is 3. The van der Waals surface area contributed by atoms with E-state index in [1.807, 2.05) is 31.2 Å². The third-order valence-electron chi connectivity index (χ3n) is 3.64. The number of aryl methyl sites for hydroxylation is 1. The van der Waals surface area contributed by atoms with E-state index in [2.05, 4.69) is 27.4 Å². The molecule has 5 heteroatoms. The molecule has 5 nitrogen and oxygen atoms in total. The van der Waals surface area contributed by atoms with Gasteiger partial charge in [0.15, 0.2) is 5.65 Å². The molecule has 0 bridgehead atoms. The SMILES string of the molecule is CC[C@H](CO)Nc1c2ccccc2nc2n[nH]c(C)c12. The van der Waals surface area contributed by atoms with Crippen LogP contribution in [0.25, 0.3) is 21.9 Å². The first-order valence-electron chi connectivity index (χ1n) is 6.85. The molecule has 2 heterocycles. The van der Waals surface area contributed by atoms with Crippen molar-refractivity contribution in [2.75, 3.05) is 11.9 Å². The fraction of sp³-hybridized carbons (Fsp3) is 0.333. The molecule has 0 aliphatic heterocycles. The van der Waals surface area contributed by atoms with Gasteiger partial charge < -0.3 is 10.4 Å². The zero-order valence-electron chi connectivity index (χ0n) is 11.6. The Kier molecular flexibility index (Phi) is 3.28. The minimum absolute atomic E-state index is 0.0262. The minimum Gasteiger partial charge on any atom is -0.394 e. The van der Waals surface area contributed by atoms with E-state index >= 15 is 0 Å². The van der Waals surface area contributed by atoms with Crippen molar-refractivity contribution in [3.05, 3.63) is 30.0 Å². The van der Waals surface area contributed by atoms with Crippen LogP contribution in [0.2, 0.25) is 0 Å². The lowest BCUT2D eigenvalue weighted by atomic mass is 10.1. The first-order valence-corrected chi connectivity index (χ1v) is 6.85. The molecule has 0 aliphatic rings. The van der Waals surface area contributed by atoms with Crippen LogP contribution in [0.15, 0.2) is 24.3 Å². The zero-order valence-corrected chi connectivity index (χ0v) is 11.6.